The van der Waals surface area contributed by atoms with Gasteiger partial charge in [0.15, 0.2) is 0 Å². The molecule has 1 atom stereocenters. The smallest absolute Gasteiger partial charge is 0.306 e. The number of ketones is 1. The second-order valence-corrected chi connectivity index (χ2v) is 5.54. The number of rotatable bonds is 5. The number of carbonyl (C=O) groups is 2. The summed E-state index contributed by atoms with van der Waals surface area (Å²) in [6.07, 6.45) is 4.71. The van der Waals surface area contributed by atoms with Crippen LogP contribution in [0.1, 0.15) is 57.3 Å². The highest BCUT2D eigenvalue weighted by molar-refractivity contribution is 5.81. The number of hydrogen-bond donors (Lipinski definition) is 0. The molecule has 1 aromatic heterocycles. The highest BCUT2D eigenvalue weighted by Crippen LogP contribution is 2.21. The number of carbonyl (C=O) groups excluding carboxylic acids is 2. The van der Waals surface area contributed by atoms with Crippen LogP contribution in [0.4, 0.5) is 0 Å². The van der Waals surface area contributed by atoms with E-state index in [0.717, 1.165) is 44.3 Å². The molecule has 1 aliphatic carbocycles. The number of hydrogen-bond acceptors (Lipinski definition) is 5. The molecule has 0 spiro atoms. The molecule has 0 fully saturated rings. The number of fused-ring (bicyclic) bond motifs is 1. The normalized spacial score (nSPS) is 18.5. The fraction of sp³-hybridized carbons (Fsp3) is 0.733. The molecule has 1 aromatic rings. The molecule has 21 heavy (non-hydrogen) atoms. The van der Waals surface area contributed by atoms with Crippen LogP contribution in [0.15, 0.2) is 0 Å². The maximum absolute atomic E-state index is 11.7. The van der Waals surface area contributed by atoms with Gasteiger partial charge in [0, 0.05) is 13.0 Å². The van der Waals surface area contributed by atoms with Crippen molar-refractivity contribution in [2.45, 2.75) is 71.4 Å². The third kappa shape index (κ3) is 4.37. The summed E-state index contributed by atoms with van der Waals surface area (Å²) in [5.41, 5.74) is 2.25. The molecular formula is C15H23N3O3. The van der Waals surface area contributed by atoms with E-state index in [1.165, 1.54) is 12.6 Å². The van der Waals surface area contributed by atoms with Gasteiger partial charge in [0.1, 0.15) is 11.9 Å². The molecule has 2 rings (SSSR count). The summed E-state index contributed by atoms with van der Waals surface area (Å²) in [7, 11) is 0. The van der Waals surface area contributed by atoms with Crippen LogP contribution in [0.3, 0.4) is 0 Å². The third-order valence-electron chi connectivity index (χ3n) is 3.84. The first-order valence-electron chi connectivity index (χ1n) is 7.70. The lowest BCUT2D eigenvalue weighted by Crippen LogP contribution is -2.22. The maximum atomic E-state index is 11.7. The summed E-state index contributed by atoms with van der Waals surface area (Å²) in [6, 6.07) is 0. The lowest BCUT2D eigenvalue weighted by Gasteiger charge is -2.20. The van der Waals surface area contributed by atoms with Crippen LogP contribution in [0.2, 0.25) is 0 Å². The Labute approximate surface area is 124 Å². The van der Waals surface area contributed by atoms with Crippen LogP contribution in [-0.2, 0) is 33.7 Å². The van der Waals surface area contributed by atoms with E-state index in [1.54, 1.807) is 0 Å². The van der Waals surface area contributed by atoms with Gasteiger partial charge >= 0.3 is 5.97 Å². The molecule has 1 aliphatic rings. The van der Waals surface area contributed by atoms with Gasteiger partial charge in [-0.3, -0.25) is 4.79 Å². The van der Waals surface area contributed by atoms with Crippen molar-refractivity contribution >= 4 is 11.8 Å². The minimum atomic E-state index is -0.266. The number of ether oxygens (including phenoxy) is 1. The lowest BCUT2D eigenvalue weighted by molar-refractivity contribution is -0.150. The van der Waals surface area contributed by atoms with Crippen molar-refractivity contribution in [1.82, 2.24) is 15.0 Å². The summed E-state index contributed by atoms with van der Waals surface area (Å²) in [5, 5.41) is 8.39. The van der Waals surface area contributed by atoms with Crippen molar-refractivity contribution in [2.24, 2.45) is 0 Å². The minimum absolute atomic E-state index is 0.0205. The van der Waals surface area contributed by atoms with Crippen LogP contribution >= 0.6 is 0 Å². The van der Waals surface area contributed by atoms with Gasteiger partial charge in [-0.25, -0.2) is 4.68 Å². The average Bonchev–Trinajstić information content (AvgIpc) is 2.81. The van der Waals surface area contributed by atoms with E-state index in [4.69, 9.17) is 4.74 Å². The van der Waals surface area contributed by atoms with E-state index in [2.05, 4.69) is 10.3 Å². The molecule has 0 aromatic carbocycles. The maximum Gasteiger partial charge on any atom is 0.306 e. The second kappa shape index (κ2) is 7.33. The van der Waals surface area contributed by atoms with Crippen LogP contribution < -0.4 is 0 Å². The number of esters is 1. The number of nitrogens with zero attached hydrogens (tertiary/aromatic N) is 3. The number of aryl methyl sites for hydroxylation is 2. The zero-order chi connectivity index (χ0) is 15.2. The SMILES string of the molecule is CCn1nnc2c1CCC(OC(=O)CCC(C)=O)CCC2. The Balaban J connectivity index is 1.90. The molecule has 0 saturated carbocycles. The molecule has 116 valence electrons. The monoisotopic (exact) mass is 293 g/mol. The Kier molecular flexibility index (Phi) is 5.47. The molecule has 0 radical (unpaired) electrons. The summed E-state index contributed by atoms with van der Waals surface area (Å²) in [5.74, 6) is -0.245. The highest BCUT2D eigenvalue weighted by atomic mass is 16.5. The zero-order valence-electron chi connectivity index (χ0n) is 12.8. The van der Waals surface area contributed by atoms with Crippen molar-refractivity contribution < 1.29 is 14.3 Å². The van der Waals surface area contributed by atoms with Crippen molar-refractivity contribution in [2.75, 3.05) is 0 Å². The van der Waals surface area contributed by atoms with E-state index in [9.17, 15) is 9.59 Å². The zero-order valence-corrected chi connectivity index (χ0v) is 12.8. The topological polar surface area (TPSA) is 74.1 Å². The average molecular weight is 293 g/mol. The Morgan fingerprint density at radius 3 is 2.81 bits per heavy atom. The Hall–Kier alpha value is -1.72. The highest BCUT2D eigenvalue weighted by Gasteiger charge is 2.21. The molecule has 0 aliphatic heterocycles. The van der Waals surface area contributed by atoms with Crippen LogP contribution in [0.5, 0.6) is 0 Å². The van der Waals surface area contributed by atoms with Crippen molar-refractivity contribution in [3.05, 3.63) is 11.4 Å². The van der Waals surface area contributed by atoms with Gasteiger partial charge in [-0.05, 0) is 46.0 Å². The Bertz CT molecular complexity index is 510. The third-order valence-corrected chi connectivity index (χ3v) is 3.84. The van der Waals surface area contributed by atoms with Crippen LogP contribution in [0.25, 0.3) is 0 Å². The van der Waals surface area contributed by atoms with E-state index in [0.29, 0.717) is 0 Å². The van der Waals surface area contributed by atoms with Crippen molar-refractivity contribution in [3.63, 3.8) is 0 Å². The van der Waals surface area contributed by atoms with Crippen LogP contribution in [-0.4, -0.2) is 32.9 Å². The van der Waals surface area contributed by atoms with Gasteiger partial charge < -0.3 is 9.53 Å². The van der Waals surface area contributed by atoms with Gasteiger partial charge in [0.2, 0.25) is 0 Å². The fourth-order valence-electron chi connectivity index (χ4n) is 2.67. The van der Waals surface area contributed by atoms with E-state index in [-0.39, 0.29) is 30.7 Å². The van der Waals surface area contributed by atoms with Gasteiger partial charge in [0.25, 0.3) is 0 Å². The first-order valence-corrected chi connectivity index (χ1v) is 7.70. The predicted octanol–water partition coefficient (Wildman–Crippen LogP) is 1.85. The fourth-order valence-corrected chi connectivity index (χ4v) is 2.67. The first-order chi connectivity index (χ1) is 10.1. The predicted molar refractivity (Wildman–Crippen MR) is 76.8 cm³/mol. The van der Waals surface area contributed by atoms with Gasteiger partial charge in [-0.2, -0.15) is 0 Å². The van der Waals surface area contributed by atoms with Gasteiger partial charge in [-0.1, -0.05) is 5.21 Å². The standard InChI is InChI=1S/C15H23N3O3/c1-3-18-14-9-8-12(5-4-6-13(14)16-17-18)21-15(20)10-7-11(2)19/h12H,3-10H2,1-2H3. The van der Waals surface area contributed by atoms with E-state index in [1.807, 2.05) is 11.6 Å². The first kappa shape index (κ1) is 15.7. The number of aromatic nitrogens is 3. The minimum Gasteiger partial charge on any atom is -0.462 e. The van der Waals surface area contributed by atoms with Crippen LogP contribution in [0, 0.1) is 0 Å². The summed E-state index contributed by atoms with van der Waals surface area (Å²) in [6.45, 7) is 4.35. The molecule has 0 amide bonds. The summed E-state index contributed by atoms with van der Waals surface area (Å²) in [4.78, 5) is 22.6. The van der Waals surface area contributed by atoms with Gasteiger partial charge in [-0.15, -0.1) is 5.10 Å². The molecular weight excluding hydrogens is 270 g/mol. The molecule has 6 nitrogen and oxygen atoms in total. The van der Waals surface area contributed by atoms with E-state index >= 15 is 0 Å². The van der Waals surface area contributed by atoms with Crippen molar-refractivity contribution in [3.8, 4) is 0 Å². The summed E-state index contributed by atoms with van der Waals surface area (Å²) >= 11 is 0. The summed E-state index contributed by atoms with van der Waals surface area (Å²) < 4.78 is 7.43. The molecule has 0 N–H and O–H groups in total. The van der Waals surface area contributed by atoms with E-state index < -0.39 is 0 Å². The van der Waals surface area contributed by atoms with Crippen molar-refractivity contribution in [1.29, 1.82) is 0 Å². The largest absolute Gasteiger partial charge is 0.462 e. The number of Topliss-reactive ketones (excluding diaryl/α,β-unsaturated/α-hetero) is 1. The quantitative estimate of drug-likeness (QED) is 0.774. The molecule has 6 heteroatoms. The Morgan fingerprint density at radius 1 is 1.29 bits per heavy atom. The molecule has 1 unspecified atom stereocenters. The Morgan fingerprint density at radius 2 is 2.10 bits per heavy atom. The second-order valence-electron chi connectivity index (χ2n) is 5.54. The van der Waals surface area contributed by atoms with Gasteiger partial charge in [0.05, 0.1) is 17.8 Å². The molecule has 1 heterocycles. The lowest BCUT2D eigenvalue weighted by atomic mass is 9.98. The molecule has 0 bridgehead atoms. The molecule has 0 saturated heterocycles.